The van der Waals surface area contributed by atoms with Crippen molar-refractivity contribution >= 4 is 11.6 Å². The number of anilines is 1. The topological polar surface area (TPSA) is 64.9 Å². The molecule has 4 bridgehead atoms. The van der Waals surface area contributed by atoms with E-state index < -0.39 is 0 Å². The van der Waals surface area contributed by atoms with Gasteiger partial charge in [0.1, 0.15) is 11.6 Å². The van der Waals surface area contributed by atoms with Crippen molar-refractivity contribution in [1.29, 1.82) is 5.26 Å². The van der Waals surface area contributed by atoms with Gasteiger partial charge in [-0.2, -0.15) is 5.26 Å². The van der Waals surface area contributed by atoms with Crippen molar-refractivity contribution < 1.29 is 4.79 Å². The number of nitriles is 1. The summed E-state index contributed by atoms with van der Waals surface area (Å²) >= 11 is 0. The number of nitrogens with zero attached hydrogens (tertiary/aromatic N) is 1. The monoisotopic (exact) mass is 335 g/mol. The summed E-state index contributed by atoms with van der Waals surface area (Å²) in [5, 5.41) is 15.7. The number of amides is 1. The van der Waals surface area contributed by atoms with Gasteiger partial charge < -0.3 is 10.6 Å². The van der Waals surface area contributed by atoms with Gasteiger partial charge in [-0.3, -0.25) is 4.79 Å². The smallest absolute Gasteiger partial charge is 0.267 e. The predicted octanol–water partition coefficient (Wildman–Crippen LogP) is 3.90. The SMILES string of the molecule is Cc1ccc(NC(=O)/C(C#N)=C\NC23CC4CC(CC(C4)C2)C3)cc1. The lowest BCUT2D eigenvalue weighted by molar-refractivity contribution is -0.112. The van der Waals surface area contributed by atoms with Gasteiger partial charge in [-0.1, -0.05) is 17.7 Å². The molecule has 0 aliphatic heterocycles. The zero-order chi connectivity index (χ0) is 17.4. The molecule has 2 N–H and O–H groups in total. The van der Waals surface area contributed by atoms with Gasteiger partial charge in [0.15, 0.2) is 0 Å². The van der Waals surface area contributed by atoms with E-state index in [2.05, 4.69) is 16.7 Å². The minimum atomic E-state index is -0.344. The number of rotatable bonds is 4. The van der Waals surface area contributed by atoms with Gasteiger partial charge in [0.05, 0.1) is 0 Å². The maximum atomic E-state index is 12.4. The molecule has 4 fully saturated rings. The third-order valence-electron chi connectivity index (χ3n) is 6.24. The Bertz CT molecular complexity index is 706. The van der Waals surface area contributed by atoms with Crippen LogP contribution in [0.15, 0.2) is 36.0 Å². The summed E-state index contributed by atoms with van der Waals surface area (Å²) in [5.41, 5.74) is 2.11. The second-order valence-electron chi connectivity index (χ2n) is 8.33. The Morgan fingerprint density at radius 3 is 2.20 bits per heavy atom. The van der Waals surface area contributed by atoms with E-state index in [0.717, 1.165) is 23.3 Å². The third kappa shape index (κ3) is 3.28. The molecule has 4 heteroatoms. The Balaban J connectivity index is 1.45. The average molecular weight is 335 g/mol. The van der Waals surface area contributed by atoms with Gasteiger partial charge in [-0.25, -0.2) is 0 Å². The third-order valence-corrected chi connectivity index (χ3v) is 6.24. The van der Waals surface area contributed by atoms with E-state index in [0.29, 0.717) is 5.69 Å². The van der Waals surface area contributed by atoms with E-state index in [-0.39, 0.29) is 17.0 Å². The van der Waals surface area contributed by atoms with Crippen LogP contribution in [0.4, 0.5) is 5.69 Å². The van der Waals surface area contributed by atoms with Gasteiger partial charge in [0.2, 0.25) is 0 Å². The first-order valence-electron chi connectivity index (χ1n) is 9.31. The molecule has 0 unspecified atom stereocenters. The summed E-state index contributed by atoms with van der Waals surface area (Å²) in [6.07, 6.45) is 9.36. The molecule has 4 saturated carbocycles. The van der Waals surface area contributed by atoms with Crippen LogP contribution < -0.4 is 10.6 Å². The number of hydrogen-bond acceptors (Lipinski definition) is 3. The molecule has 1 amide bonds. The van der Waals surface area contributed by atoms with E-state index in [4.69, 9.17) is 0 Å². The van der Waals surface area contributed by atoms with E-state index in [9.17, 15) is 10.1 Å². The van der Waals surface area contributed by atoms with Crippen LogP contribution >= 0.6 is 0 Å². The number of carbonyl (C=O) groups excluding carboxylic acids is 1. The molecule has 25 heavy (non-hydrogen) atoms. The highest BCUT2D eigenvalue weighted by Gasteiger charge is 2.50. The van der Waals surface area contributed by atoms with E-state index in [1.165, 1.54) is 38.5 Å². The molecule has 1 aromatic carbocycles. The Kier molecular flexibility index (Phi) is 4.03. The summed E-state index contributed by atoms with van der Waals surface area (Å²) in [7, 11) is 0. The Morgan fingerprint density at radius 1 is 1.12 bits per heavy atom. The number of nitrogens with one attached hydrogen (secondary N) is 2. The summed E-state index contributed by atoms with van der Waals surface area (Å²) in [6.45, 7) is 2.00. The lowest BCUT2D eigenvalue weighted by Crippen LogP contribution is -2.57. The largest absolute Gasteiger partial charge is 0.384 e. The maximum absolute atomic E-state index is 12.4. The Hall–Kier alpha value is -2.28. The standard InChI is InChI=1S/C21H25N3O/c1-14-2-4-19(5-3-14)24-20(25)18(12-22)13-23-21-9-15-6-16(10-21)8-17(7-15)11-21/h2-5,13,15-17,23H,6-11H2,1H3,(H,24,25)/b18-13-. The minimum absolute atomic E-state index is 0.112. The minimum Gasteiger partial charge on any atom is -0.384 e. The molecule has 4 aliphatic carbocycles. The molecule has 130 valence electrons. The maximum Gasteiger partial charge on any atom is 0.267 e. The molecule has 0 saturated heterocycles. The summed E-state index contributed by atoms with van der Waals surface area (Å²) in [4.78, 5) is 12.4. The molecule has 1 aromatic rings. The molecule has 4 aliphatic rings. The zero-order valence-corrected chi connectivity index (χ0v) is 14.7. The highest BCUT2D eigenvalue weighted by molar-refractivity contribution is 6.06. The number of aryl methyl sites for hydroxylation is 1. The molecule has 0 heterocycles. The Labute approximate surface area is 149 Å². The predicted molar refractivity (Wildman–Crippen MR) is 97.5 cm³/mol. The molecule has 4 nitrogen and oxygen atoms in total. The summed E-state index contributed by atoms with van der Waals surface area (Å²) in [5.74, 6) is 2.15. The average Bonchev–Trinajstić information content (AvgIpc) is 2.56. The first kappa shape index (κ1) is 16.2. The molecular formula is C21H25N3O. The lowest BCUT2D eigenvalue weighted by atomic mass is 9.53. The number of benzene rings is 1. The highest BCUT2D eigenvalue weighted by Crippen LogP contribution is 2.55. The fourth-order valence-corrected chi connectivity index (χ4v) is 5.50. The fourth-order valence-electron chi connectivity index (χ4n) is 5.50. The molecule has 0 radical (unpaired) electrons. The van der Waals surface area contributed by atoms with Crippen LogP contribution in [0.3, 0.4) is 0 Å². The van der Waals surface area contributed by atoms with Crippen LogP contribution in [-0.2, 0) is 4.79 Å². The van der Waals surface area contributed by atoms with Crippen LogP contribution in [-0.4, -0.2) is 11.4 Å². The van der Waals surface area contributed by atoms with Crippen molar-refractivity contribution in [1.82, 2.24) is 5.32 Å². The van der Waals surface area contributed by atoms with Crippen LogP contribution in [0.2, 0.25) is 0 Å². The zero-order valence-electron chi connectivity index (χ0n) is 14.7. The van der Waals surface area contributed by atoms with Crippen LogP contribution in [0.5, 0.6) is 0 Å². The fraction of sp³-hybridized carbons (Fsp3) is 0.524. The summed E-state index contributed by atoms with van der Waals surface area (Å²) in [6, 6.07) is 9.65. The van der Waals surface area contributed by atoms with Crippen molar-refractivity contribution in [3.8, 4) is 6.07 Å². The van der Waals surface area contributed by atoms with Gasteiger partial charge in [-0.15, -0.1) is 0 Å². The lowest BCUT2D eigenvalue weighted by Gasteiger charge is -2.56. The van der Waals surface area contributed by atoms with Gasteiger partial charge in [-0.05, 0) is 75.3 Å². The van der Waals surface area contributed by atoms with Gasteiger partial charge >= 0.3 is 0 Å². The van der Waals surface area contributed by atoms with Crippen LogP contribution in [0.1, 0.15) is 44.1 Å². The second kappa shape index (κ2) is 6.22. The first-order valence-corrected chi connectivity index (χ1v) is 9.31. The van der Waals surface area contributed by atoms with E-state index in [1.807, 2.05) is 31.2 Å². The van der Waals surface area contributed by atoms with Crippen LogP contribution in [0.25, 0.3) is 0 Å². The van der Waals surface area contributed by atoms with E-state index >= 15 is 0 Å². The molecule has 0 aromatic heterocycles. The molecular weight excluding hydrogens is 310 g/mol. The van der Waals surface area contributed by atoms with Gasteiger partial charge in [0, 0.05) is 17.4 Å². The highest BCUT2D eigenvalue weighted by atomic mass is 16.1. The van der Waals surface area contributed by atoms with Crippen molar-refractivity contribution in [2.45, 2.75) is 51.0 Å². The molecule has 0 spiro atoms. The first-order chi connectivity index (χ1) is 12.0. The van der Waals surface area contributed by atoms with E-state index in [1.54, 1.807) is 6.20 Å². The summed E-state index contributed by atoms with van der Waals surface area (Å²) < 4.78 is 0. The van der Waals surface area contributed by atoms with Crippen molar-refractivity contribution in [3.05, 3.63) is 41.6 Å². The molecule has 5 rings (SSSR count). The Morgan fingerprint density at radius 2 is 1.68 bits per heavy atom. The quantitative estimate of drug-likeness (QED) is 0.648. The number of carbonyl (C=O) groups is 1. The normalized spacial score (nSPS) is 33.0. The second-order valence-corrected chi connectivity index (χ2v) is 8.33. The van der Waals surface area contributed by atoms with Crippen molar-refractivity contribution in [3.63, 3.8) is 0 Å². The van der Waals surface area contributed by atoms with Crippen molar-refractivity contribution in [2.75, 3.05) is 5.32 Å². The van der Waals surface area contributed by atoms with Gasteiger partial charge in [0.25, 0.3) is 5.91 Å². The molecule has 0 atom stereocenters. The van der Waals surface area contributed by atoms with Crippen molar-refractivity contribution in [2.24, 2.45) is 17.8 Å². The number of hydrogen-bond donors (Lipinski definition) is 2. The van der Waals surface area contributed by atoms with Crippen LogP contribution in [0, 0.1) is 36.0 Å².